The van der Waals surface area contributed by atoms with Crippen LogP contribution in [0.2, 0.25) is 0 Å². The Morgan fingerprint density at radius 1 is 1.24 bits per heavy atom. The molecule has 0 aromatic heterocycles. The molecule has 1 N–H and O–H groups in total. The molecular weight excluding hydrogens is 241 g/mol. The number of nitro groups is 1. The van der Waals surface area contributed by atoms with Crippen molar-refractivity contribution in [1.29, 1.82) is 0 Å². The third kappa shape index (κ3) is 2.19. The Balaban J connectivity index is 3.65. The van der Waals surface area contributed by atoms with Crippen LogP contribution in [0.4, 0.5) is 24.5 Å². The summed E-state index contributed by atoms with van der Waals surface area (Å²) < 4.78 is 39.9. The number of rotatable bonds is 2. The molecule has 0 aliphatic rings. The van der Waals surface area contributed by atoms with Gasteiger partial charge in [-0.15, -0.1) is 0 Å². The SMILES string of the molecule is CC(=O)Nc1c(F)c(F)c(C)c(F)c1[N+](=O)[O-]. The largest absolute Gasteiger partial charge is 0.331 e. The van der Waals surface area contributed by atoms with E-state index in [0.717, 1.165) is 13.8 Å². The second kappa shape index (κ2) is 4.40. The fraction of sp³-hybridized carbons (Fsp3) is 0.222. The van der Waals surface area contributed by atoms with Crippen molar-refractivity contribution in [1.82, 2.24) is 0 Å². The highest BCUT2D eigenvalue weighted by molar-refractivity contribution is 5.91. The summed E-state index contributed by atoms with van der Waals surface area (Å²) in [6.07, 6.45) is 0. The Hall–Kier alpha value is -2.12. The molecule has 1 aromatic carbocycles. The first-order chi connectivity index (χ1) is 7.77. The average Bonchev–Trinajstić information content (AvgIpc) is 2.22. The van der Waals surface area contributed by atoms with Crippen LogP contribution in [0.3, 0.4) is 0 Å². The van der Waals surface area contributed by atoms with Crippen LogP contribution in [0, 0.1) is 34.5 Å². The number of nitrogens with one attached hydrogen (secondary N) is 1. The molecule has 8 heteroatoms. The molecule has 0 spiro atoms. The zero-order chi connectivity index (χ0) is 13.3. The third-order valence-electron chi connectivity index (χ3n) is 2.00. The van der Waals surface area contributed by atoms with E-state index in [0.29, 0.717) is 0 Å². The number of carbonyl (C=O) groups excluding carboxylic acids is 1. The molecule has 5 nitrogen and oxygen atoms in total. The lowest BCUT2D eigenvalue weighted by atomic mass is 10.1. The molecular formula is C9H7F3N2O3. The van der Waals surface area contributed by atoms with E-state index < -0.39 is 45.2 Å². The summed E-state index contributed by atoms with van der Waals surface area (Å²) in [5.74, 6) is -5.63. The maximum Gasteiger partial charge on any atom is 0.331 e. The second-order valence-corrected chi connectivity index (χ2v) is 3.23. The number of hydrogen-bond acceptors (Lipinski definition) is 3. The van der Waals surface area contributed by atoms with Gasteiger partial charge in [-0.3, -0.25) is 14.9 Å². The van der Waals surface area contributed by atoms with Gasteiger partial charge in [-0.1, -0.05) is 0 Å². The Kier molecular flexibility index (Phi) is 3.35. The lowest BCUT2D eigenvalue weighted by Crippen LogP contribution is -2.13. The molecule has 0 saturated heterocycles. The van der Waals surface area contributed by atoms with E-state index in [1.807, 2.05) is 0 Å². The maximum absolute atomic E-state index is 13.4. The van der Waals surface area contributed by atoms with Crippen LogP contribution in [0.5, 0.6) is 0 Å². The average molecular weight is 248 g/mol. The molecule has 0 atom stereocenters. The standard InChI is InChI=1S/C9H7F3N2O3/c1-3-5(10)7(12)8(13-4(2)15)9(6(3)11)14(16)17/h1-2H3,(H,13,15). The van der Waals surface area contributed by atoms with Crippen LogP contribution in [0.15, 0.2) is 0 Å². The number of halogens is 3. The maximum atomic E-state index is 13.4. The van der Waals surface area contributed by atoms with Crippen molar-refractivity contribution in [3.63, 3.8) is 0 Å². The monoisotopic (exact) mass is 248 g/mol. The minimum absolute atomic E-state index is 0.816. The number of benzene rings is 1. The molecule has 92 valence electrons. The molecule has 0 saturated carbocycles. The Morgan fingerprint density at radius 3 is 2.18 bits per heavy atom. The van der Waals surface area contributed by atoms with Crippen LogP contribution in [0.1, 0.15) is 12.5 Å². The van der Waals surface area contributed by atoms with Crippen molar-refractivity contribution in [2.45, 2.75) is 13.8 Å². The van der Waals surface area contributed by atoms with Crippen LogP contribution >= 0.6 is 0 Å². The molecule has 1 amide bonds. The first kappa shape index (κ1) is 12.9. The second-order valence-electron chi connectivity index (χ2n) is 3.23. The molecule has 1 aromatic rings. The minimum Gasteiger partial charge on any atom is -0.318 e. The van der Waals surface area contributed by atoms with Crippen LogP contribution in [-0.4, -0.2) is 10.8 Å². The number of carbonyl (C=O) groups is 1. The van der Waals surface area contributed by atoms with Crippen molar-refractivity contribution in [2.24, 2.45) is 0 Å². The zero-order valence-electron chi connectivity index (χ0n) is 8.81. The number of hydrogen-bond donors (Lipinski definition) is 1. The topological polar surface area (TPSA) is 72.2 Å². The summed E-state index contributed by atoms with van der Waals surface area (Å²) in [7, 11) is 0. The lowest BCUT2D eigenvalue weighted by Gasteiger charge is -2.08. The normalized spacial score (nSPS) is 10.2. The summed E-state index contributed by atoms with van der Waals surface area (Å²) in [5.41, 5.74) is -3.22. The number of anilines is 1. The Bertz CT molecular complexity index is 517. The van der Waals surface area contributed by atoms with Gasteiger partial charge in [-0.2, -0.15) is 4.39 Å². The summed E-state index contributed by atoms with van der Waals surface area (Å²) in [5, 5.41) is 12.3. The molecule has 1 rings (SSSR count). The number of amides is 1. The number of nitrogens with zero attached hydrogens (tertiary/aromatic N) is 1. The van der Waals surface area contributed by atoms with E-state index in [-0.39, 0.29) is 0 Å². The van der Waals surface area contributed by atoms with Gasteiger partial charge in [0.1, 0.15) is 0 Å². The van der Waals surface area contributed by atoms with Crippen LogP contribution < -0.4 is 5.32 Å². The Morgan fingerprint density at radius 2 is 1.76 bits per heavy atom. The van der Waals surface area contributed by atoms with Crippen molar-refractivity contribution in [2.75, 3.05) is 5.32 Å². The summed E-state index contributed by atoms with van der Waals surface area (Å²) in [4.78, 5) is 20.0. The van der Waals surface area contributed by atoms with Gasteiger partial charge in [0, 0.05) is 12.5 Å². The summed E-state index contributed by atoms with van der Waals surface area (Å²) >= 11 is 0. The molecule has 0 bridgehead atoms. The van der Waals surface area contributed by atoms with Gasteiger partial charge < -0.3 is 5.32 Å². The van der Waals surface area contributed by atoms with Crippen molar-refractivity contribution < 1.29 is 22.9 Å². The van der Waals surface area contributed by atoms with Gasteiger partial charge in [0.15, 0.2) is 17.3 Å². The highest BCUT2D eigenvalue weighted by Crippen LogP contribution is 2.34. The Labute approximate surface area is 93.4 Å². The molecule has 0 aliphatic heterocycles. The van der Waals surface area contributed by atoms with E-state index in [1.54, 1.807) is 5.32 Å². The molecule has 0 heterocycles. The lowest BCUT2D eigenvalue weighted by molar-refractivity contribution is -0.386. The fourth-order valence-electron chi connectivity index (χ4n) is 1.22. The van der Waals surface area contributed by atoms with E-state index in [2.05, 4.69) is 0 Å². The zero-order valence-corrected chi connectivity index (χ0v) is 8.81. The molecule has 0 fully saturated rings. The highest BCUT2D eigenvalue weighted by Gasteiger charge is 2.31. The van der Waals surface area contributed by atoms with Gasteiger partial charge in [-0.05, 0) is 6.92 Å². The minimum atomic E-state index is -1.66. The van der Waals surface area contributed by atoms with Crippen molar-refractivity contribution in [3.8, 4) is 0 Å². The van der Waals surface area contributed by atoms with Gasteiger partial charge in [0.05, 0.1) is 4.92 Å². The van der Waals surface area contributed by atoms with Crippen molar-refractivity contribution in [3.05, 3.63) is 33.1 Å². The first-order valence-corrected chi connectivity index (χ1v) is 4.36. The van der Waals surface area contributed by atoms with Crippen LogP contribution in [-0.2, 0) is 4.79 Å². The smallest absolute Gasteiger partial charge is 0.318 e. The van der Waals surface area contributed by atoms with Gasteiger partial charge in [0.2, 0.25) is 11.7 Å². The van der Waals surface area contributed by atoms with E-state index in [9.17, 15) is 28.1 Å². The quantitative estimate of drug-likeness (QED) is 0.495. The van der Waals surface area contributed by atoms with Crippen molar-refractivity contribution >= 4 is 17.3 Å². The fourth-order valence-corrected chi connectivity index (χ4v) is 1.22. The predicted molar refractivity (Wildman–Crippen MR) is 52.0 cm³/mol. The third-order valence-corrected chi connectivity index (χ3v) is 2.00. The predicted octanol–water partition coefficient (Wildman–Crippen LogP) is 2.28. The van der Waals surface area contributed by atoms with E-state index >= 15 is 0 Å². The summed E-state index contributed by atoms with van der Waals surface area (Å²) in [6.45, 7) is 1.79. The highest BCUT2D eigenvalue weighted by atomic mass is 19.2. The molecule has 0 unspecified atom stereocenters. The molecule has 0 aliphatic carbocycles. The summed E-state index contributed by atoms with van der Waals surface area (Å²) in [6, 6.07) is 0. The van der Waals surface area contributed by atoms with Crippen LogP contribution in [0.25, 0.3) is 0 Å². The molecule has 17 heavy (non-hydrogen) atoms. The van der Waals surface area contributed by atoms with Gasteiger partial charge in [0.25, 0.3) is 0 Å². The first-order valence-electron chi connectivity index (χ1n) is 4.36. The van der Waals surface area contributed by atoms with E-state index in [4.69, 9.17) is 0 Å². The number of nitro benzene ring substituents is 1. The van der Waals surface area contributed by atoms with Gasteiger partial charge in [-0.25, -0.2) is 8.78 Å². The van der Waals surface area contributed by atoms with Gasteiger partial charge >= 0.3 is 5.69 Å². The van der Waals surface area contributed by atoms with E-state index in [1.165, 1.54) is 0 Å². The molecule has 0 radical (unpaired) electrons.